The quantitative estimate of drug-likeness (QED) is 0.487. The zero-order chi connectivity index (χ0) is 25.2. The predicted molar refractivity (Wildman–Crippen MR) is 126 cm³/mol. The van der Waals surface area contributed by atoms with Crippen molar-refractivity contribution in [3.8, 4) is 17.0 Å². The van der Waals surface area contributed by atoms with E-state index in [0.717, 1.165) is 5.69 Å². The van der Waals surface area contributed by atoms with Crippen LogP contribution < -0.4 is 10.1 Å². The van der Waals surface area contributed by atoms with Crippen LogP contribution in [0.2, 0.25) is 0 Å². The molecule has 3 aromatic rings. The molecule has 1 aliphatic heterocycles. The van der Waals surface area contributed by atoms with Crippen molar-refractivity contribution in [3.63, 3.8) is 0 Å². The van der Waals surface area contributed by atoms with Crippen molar-refractivity contribution < 1.29 is 27.8 Å². The molecular formula is C25H26F2N4O4. The van der Waals surface area contributed by atoms with Gasteiger partial charge in [-0.25, -0.2) is 13.6 Å². The molecular weight excluding hydrogens is 458 g/mol. The molecule has 2 N–H and O–H groups in total. The van der Waals surface area contributed by atoms with Crippen molar-refractivity contribution >= 4 is 23.3 Å². The van der Waals surface area contributed by atoms with Crippen LogP contribution in [0.5, 0.6) is 5.75 Å². The molecule has 35 heavy (non-hydrogen) atoms. The number of hydrogen-bond acceptors (Lipinski definition) is 6. The number of para-hydroxylation sites is 1. The highest BCUT2D eigenvalue weighted by Crippen LogP contribution is 2.41. The summed E-state index contributed by atoms with van der Waals surface area (Å²) in [5.74, 6) is -0.152. The third-order valence-electron chi connectivity index (χ3n) is 5.15. The van der Waals surface area contributed by atoms with E-state index in [4.69, 9.17) is 9.47 Å². The van der Waals surface area contributed by atoms with Gasteiger partial charge in [-0.15, -0.1) is 0 Å². The largest absolute Gasteiger partial charge is 0.485 e. The number of hydrogen-bond donors (Lipinski definition) is 2. The molecule has 0 saturated carbocycles. The molecule has 3 heterocycles. The van der Waals surface area contributed by atoms with Gasteiger partial charge in [-0.05, 0) is 39.0 Å². The number of H-pyrrole nitrogens is 1. The van der Waals surface area contributed by atoms with Crippen molar-refractivity contribution in [2.24, 2.45) is 0 Å². The third-order valence-corrected chi connectivity index (χ3v) is 5.15. The lowest BCUT2D eigenvalue weighted by Gasteiger charge is -2.29. The maximum absolute atomic E-state index is 13.3. The summed E-state index contributed by atoms with van der Waals surface area (Å²) in [6, 6.07) is 10.8. The van der Waals surface area contributed by atoms with E-state index in [1.54, 1.807) is 26.8 Å². The molecule has 1 aliphatic rings. The SMILES string of the molecule is CC(C)(C)OC(=O)N1CC(=O)c2c([nH]c(-c3ccncc3OCC(F)F)c2Nc2ccccc2)C1. The Labute approximate surface area is 201 Å². The molecule has 0 fully saturated rings. The zero-order valence-corrected chi connectivity index (χ0v) is 19.6. The maximum atomic E-state index is 13.3. The average Bonchev–Trinajstić information content (AvgIpc) is 3.16. The Morgan fingerprint density at radius 3 is 2.63 bits per heavy atom. The van der Waals surface area contributed by atoms with Crippen LogP contribution in [0.1, 0.15) is 36.8 Å². The highest BCUT2D eigenvalue weighted by molar-refractivity contribution is 6.09. The van der Waals surface area contributed by atoms with Gasteiger partial charge in [-0.2, -0.15) is 0 Å². The molecule has 0 unspecified atom stereocenters. The summed E-state index contributed by atoms with van der Waals surface area (Å²) in [6.45, 7) is 4.40. The fourth-order valence-electron chi connectivity index (χ4n) is 3.78. The Morgan fingerprint density at radius 2 is 1.94 bits per heavy atom. The zero-order valence-electron chi connectivity index (χ0n) is 19.6. The Balaban J connectivity index is 1.78. The number of halogens is 2. The van der Waals surface area contributed by atoms with Crippen molar-refractivity contribution in [2.75, 3.05) is 18.5 Å². The average molecular weight is 485 g/mol. The molecule has 1 aromatic carbocycles. The van der Waals surface area contributed by atoms with Gasteiger partial charge in [0, 0.05) is 23.1 Å². The second kappa shape index (κ2) is 9.73. The highest BCUT2D eigenvalue weighted by atomic mass is 19.3. The molecule has 10 heteroatoms. The lowest BCUT2D eigenvalue weighted by atomic mass is 10.0. The normalized spacial score (nSPS) is 13.5. The van der Waals surface area contributed by atoms with E-state index in [0.29, 0.717) is 28.2 Å². The Bertz CT molecular complexity index is 1220. The summed E-state index contributed by atoms with van der Waals surface area (Å²) >= 11 is 0. The number of ketones is 1. The van der Waals surface area contributed by atoms with Crippen molar-refractivity contribution in [1.82, 2.24) is 14.9 Å². The number of pyridine rings is 1. The second-order valence-corrected chi connectivity index (χ2v) is 9.05. The second-order valence-electron chi connectivity index (χ2n) is 9.05. The smallest absolute Gasteiger partial charge is 0.411 e. The van der Waals surface area contributed by atoms with Crippen LogP contribution in [-0.2, 0) is 11.3 Å². The van der Waals surface area contributed by atoms with E-state index in [2.05, 4.69) is 15.3 Å². The first kappa shape index (κ1) is 24.2. The van der Waals surface area contributed by atoms with E-state index in [9.17, 15) is 18.4 Å². The van der Waals surface area contributed by atoms with Gasteiger partial charge in [-0.3, -0.25) is 14.7 Å². The van der Waals surface area contributed by atoms with Crippen LogP contribution in [0.4, 0.5) is 25.0 Å². The van der Waals surface area contributed by atoms with Crippen LogP contribution in [0, 0.1) is 0 Å². The van der Waals surface area contributed by atoms with Gasteiger partial charge < -0.3 is 19.8 Å². The summed E-state index contributed by atoms with van der Waals surface area (Å²) in [6.07, 6.45) is -0.412. The van der Waals surface area contributed by atoms with Crippen LogP contribution in [0.25, 0.3) is 11.3 Å². The van der Waals surface area contributed by atoms with Gasteiger partial charge >= 0.3 is 6.09 Å². The van der Waals surface area contributed by atoms with E-state index in [-0.39, 0.29) is 24.6 Å². The van der Waals surface area contributed by atoms with Gasteiger partial charge in [-0.1, -0.05) is 18.2 Å². The summed E-state index contributed by atoms with van der Waals surface area (Å²) in [4.78, 5) is 34.4. The third kappa shape index (κ3) is 5.59. The molecule has 0 spiro atoms. The molecule has 0 aliphatic carbocycles. The molecule has 0 radical (unpaired) electrons. The van der Waals surface area contributed by atoms with Gasteiger partial charge in [0.1, 0.15) is 18.0 Å². The number of amides is 1. The molecule has 2 aromatic heterocycles. The Kier molecular flexibility index (Phi) is 6.72. The van der Waals surface area contributed by atoms with Crippen molar-refractivity contribution in [2.45, 2.75) is 39.3 Å². The number of nitrogens with zero attached hydrogens (tertiary/aromatic N) is 2. The molecule has 8 nitrogen and oxygen atoms in total. The number of Topliss-reactive ketones (excluding diaryl/α,β-unsaturated/α-hetero) is 1. The highest BCUT2D eigenvalue weighted by Gasteiger charge is 2.35. The maximum Gasteiger partial charge on any atom is 0.411 e. The molecule has 4 rings (SSSR count). The number of carbonyl (C=O) groups is 2. The van der Waals surface area contributed by atoms with Gasteiger partial charge in [0.2, 0.25) is 0 Å². The lowest BCUT2D eigenvalue weighted by Crippen LogP contribution is -2.42. The number of aromatic amines is 1. The molecule has 184 valence electrons. The number of nitrogens with one attached hydrogen (secondary N) is 2. The van der Waals surface area contributed by atoms with Gasteiger partial charge in [0.15, 0.2) is 5.78 Å². The minimum atomic E-state index is -2.66. The number of benzene rings is 1. The predicted octanol–water partition coefficient (Wildman–Crippen LogP) is 5.40. The number of alkyl halides is 2. The Hall–Kier alpha value is -3.95. The number of aromatic nitrogens is 2. The minimum Gasteiger partial charge on any atom is -0.485 e. The van der Waals surface area contributed by atoms with Crippen LogP contribution >= 0.6 is 0 Å². The van der Waals surface area contributed by atoms with Crippen LogP contribution in [-0.4, -0.2) is 51.9 Å². The fourth-order valence-corrected chi connectivity index (χ4v) is 3.78. The number of anilines is 2. The topological polar surface area (TPSA) is 96.5 Å². The van der Waals surface area contributed by atoms with Crippen LogP contribution in [0.15, 0.2) is 48.8 Å². The molecule has 0 atom stereocenters. The number of rotatable bonds is 6. The number of carbonyl (C=O) groups excluding carboxylic acids is 2. The summed E-state index contributed by atoms with van der Waals surface area (Å²) in [5, 5.41) is 3.27. The first-order chi connectivity index (χ1) is 16.6. The first-order valence-electron chi connectivity index (χ1n) is 11.1. The summed E-state index contributed by atoms with van der Waals surface area (Å²) in [5.41, 5.74) is 2.28. The van der Waals surface area contributed by atoms with Crippen LogP contribution in [0.3, 0.4) is 0 Å². The Morgan fingerprint density at radius 1 is 1.20 bits per heavy atom. The van der Waals surface area contributed by atoms with Crippen molar-refractivity contribution in [3.05, 3.63) is 60.0 Å². The van der Waals surface area contributed by atoms with E-state index < -0.39 is 24.7 Å². The van der Waals surface area contributed by atoms with E-state index >= 15 is 0 Å². The summed E-state index contributed by atoms with van der Waals surface area (Å²) in [7, 11) is 0. The summed E-state index contributed by atoms with van der Waals surface area (Å²) < 4.78 is 36.4. The monoisotopic (exact) mass is 484 g/mol. The molecule has 0 bridgehead atoms. The molecule has 0 saturated heterocycles. The number of fused-ring (bicyclic) bond motifs is 1. The van der Waals surface area contributed by atoms with Gasteiger partial charge in [0.25, 0.3) is 6.43 Å². The van der Waals surface area contributed by atoms with E-state index in [1.807, 2.05) is 30.3 Å². The molecule has 1 amide bonds. The van der Waals surface area contributed by atoms with E-state index in [1.165, 1.54) is 17.3 Å². The standard InChI is InChI=1S/C25H26F2N4O4/c1-25(2,3)35-24(33)31-12-17-21(18(32)13-31)23(29-15-7-5-4-6-8-15)22(30-17)16-9-10-28-11-19(16)34-14-20(26)27/h4-11,20,29-30H,12-14H2,1-3H3. The van der Waals surface area contributed by atoms with Crippen molar-refractivity contribution in [1.29, 1.82) is 0 Å². The first-order valence-corrected chi connectivity index (χ1v) is 11.1. The van der Waals surface area contributed by atoms with Gasteiger partial charge in [0.05, 0.1) is 36.2 Å². The lowest BCUT2D eigenvalue weighted by molar-refractivity contribution is 0.0218. The minimum absolute atomic E-state index is 0.109. The fraction of sp³-hybridized carbons (Fsp3) is 0.320. The number of ether oxygens (including phenoxy) is 2.